The molecule has 0 saturated carbocycles. The summed E-state index contributed by atoms with van der Waals surface area (Å²) in [5.41, 5.74) is -0.624. The molecular formula is C21H17FN4O4. The van der Waals surface area contributed by atoms with E-state index >= 15 is 0 Å². The number of benzene rings is 1. The van der Waals surface area contributed by atoms with Crippen LogP contribution in [-0.4, -0.2) is 35.6 Å². The quantitative estimate of drug-likeness (QED) is 0.365. The van der Waals surface area contributed by atoms with Gasteiger partial charge in [-0.2, -0.15) is 10.2 Å². The van der Waals surface area contributed by atoms with Gasteiger partial charge < -0.3 is 14.8 Å². The third-order valence-corrected chi connectivity index (χ3v) is 4.01. The average molecular weight is 408 g/mol. The molecule has 0 fully saturated rings. The molecule has 1 amide bonds. The molecule has 0 aliphatic carbocycles. The van der Waals surface area contributed by atoms with Gasteiger partial charge in [0, 0.05) is 19.9 Å². The van der Waals surface area contributed by atoms with Crippen LogP contribution in [0.3, 0.4) is 0 Å². The van der Waals surface area contributed by atoms with Crippen molar-refractivity contribution in [2.24, 2.45) is 0 Å². The SMILES string of the molecule is COCCNC(=O)C(C#N)=Cc1c(Oc2ccc(F)cc2)nc2ccccn2c1=O. The number of methoxy groups -OCH3 is 1. The zero-order valence-electron chi connectivity index (χ0n) is 16.0. The van der Waals surface area contributed by atoms with E-state index in [0.29, 0.717) is 5.65 Å². The Kier molecular flexibility index (Phi) is 6.52. The van der Waals surface area contributed by atoms with E-state index in [9.17, 15) is 19.2 Å². The summed E-state index contributed by atoms with van der Waals surface area (Å²) < 4.78 is 25.0. The lowest BCUT2D eigenvalue weighted by Gasteiger charge is -2.10. The number of carbonyl (C=O) groups excluding carboxylic acids is 1. The average Bonchev–Trinajstić information content (AvgIpc) is 2.75. The number of fused-ring (bicyclic) bond motifs is 1. The van der Waals surface area contributed by atoms with Crippen LogP contribution in [0.4, 0.5) is 4.39 Å². The third kappa shape index (κ3) is 4.68. The predicted octanol–water partition coefficient (Wildman–Crippen LogP) is 2.30. The van der Waals surface area contributed by atoms with Gasteiger partial charge in [-0.15, -0.1) is 0 Å². The summed E-state index contributed by atoms with van der Waals surface area (Å²) in [4.78, 5) is 29.6. The van der Waals surface area contributed by atoms with Gasteiger partial charge in [-0.3, -0.25) is 14.0 Å². The van der Waals surface area contributed by atoms with Gasteiger partial charge in [0.15, 0.2) is 0 Å². The van der Waals surface area contributed by atoms with Crippen molar-refractivity contribution < 1.29 is 18.7 Å². The molecule has 9 heteroatoms. The molecule has 2 aromatic heterocycles. The van der Waals surface area contributed by atoms with E-state index in [1.807, 2.05) is 0 Å². The first-order valence-electron chi connectivity index (χ1n) is 8.87. The molecule has 0 radical (unpaired) electrons. The van der Waals surface area contributed by atoms with Crippen molar-refractivity contribution >= 4 is 17.6 Å². The molecule has 0 aliphatic heterocycles. The minimum Gasteiger partial charge on any atom is -0.438 e. The van der Waals surface area contributed by atoms with Gasteiger partial charge >= 0.3 is 0 Å². The zero-order chi connectivity index (χ0) is 21.5. The van der Waals surface area contributed by atoms with Crippen LogP contribution in [0.5, 0.6) is 11.6 Å². The van der Waals surface area contributed by atoms with E-state index in [1.54, 1.807) is 24.3 Å². The Morgan fingerprint density at radius 1 is 1.30 bits per heavy atom. The van der Waals surface area contributed by atoms with Gasteiger partial charge in [0.2, 0.25) is 5.88 Å². The van der Waals surface area contributed by atoms with Crippen molar-refractivity contribution in [1.29, 1.82) is 5.26 Å². The van der Waals surface area contributed by atoms with Crippen molar-refractivity contribution in [2.75, 3.05) is 20.3 Å². The molecule has 30 heavy (non-hydrogen) atoms. The molecule has 2 heterocycles. The maximum Gasteiger partial charge on any atom is 0.269 e. The normalized spacial score (nSPS) is 11.2. The van der Waals surface area contributed by atoms with Gasteiger partial charge in [-0.1, -0.05) is 6.07 Å². The molecule has 0 aliphatic rings. The van der Waals surface area contributed by atoms with Crippen LogP contribution < -0.4 is 15.6 Å². The number of aromatic nitrogens is 2. The summed E-state index contributed by atoms with van der Waals surface area (Å²) in [6, 6.07) is 11.9. The van der Waals surface area contributed by atoms with Gasteiger partial charge in [0.05, 0.1) is 6.61 Å². The lowest BCUT2D eigenvalue weighted by molar-refractivity contribution is -0.117. The second-order valence-corrected chi connectivity index (χ2v) is 6.04. The Balaban J connectivity index is 2.09. The monoisotopic (exact) mass is 408 g/mol. The van der Waals surface area contributed by atoms with Gasteiger partial charge in [-0.25, -0.2) is 4.39 Å². The van der Waals surface area contributed by atoms with Crippen LogP contribution in [0, 0.1) is 17.1 Å². The number of hydrogen-bond acceptors (Lipinski definition) is 6. The number of nitriles is 1. The summed E-state index contributed by atoms with van der Waals surface area (Å²) >= 11 is 0. The fourth-order valence-electron chi connectivity index (χ4n) is 2.55. The summed E-state index contributed by atoms with van der Waals surface area (Å²) in [7, 11) is 1.48. The van der Waals surface area contributed by atoms with Crippen molar-refractivity contribution in [3.63, 3.8) is 0 Å². The summed E-state index contributed by atoms with van der Waals surface area (Å²) in [5.74, 6) is -0.995. The van der Waals surface area contributed by atoms with Crippen LogP contribution in [-0.2, 0) is 9.53 Å². The molecule has 0 unspecified atom stereocenters. The van der Waals surface area contributed by atoms with Crippen LogP contribution in [0.25, 0.3) is 11.7 Å². The second-order valence-electron chi connectivity index (χ2n) is 6.04. The number of carbonyl (C=O) groups is 1. The van der Waals surface area contributed by atoms with Gasteiger partial charge in [0.1, 0.15) is 34.4 Å². The second kappa shape index (κ2) is 9.45. The largest absolute Gasteiger partial charge is 0.438 e. The Bertz CT molecular complexity index is 1200. The molecule has 3 rings (SSSR count). The minimum atomic E-state index is -0.667. The zero-order valence-corrected chi connectivity index (χ0v) is 16.0. The highest BCUT2D eigenvalue weighted by atomic mass is 19.1. The van der Waals surface area contributed by atoms with E-state index < -0.39 is 17.3 Å². The molecule has 1 N–H and O–H groups in total. The molecule has 152 valence electrons. The first-order chi connectivity index (χ1) is 14.5. The van der Waals surface area contributed by atoms with Crippen LogP contribution in [0.15, 0.2) is 59.0 Å². The van der Waals surface area contributed by atoms with Gasteiger partial charge in [-0.05, 0) is 42.5 Å². The number of rotatable bonds is 7. The first kappa shape index (κ1) is 20.7. The molecule has 8 nitrogen and oxygen atoms in total. The van der Waals surface area contributed by atoms with Crippen molar-refractivity contribution in [3.05, 3.63) is 76.0 Å². The van der Waals surface area contributed by atoms with Crippen LogP contribution in [0.1, 0.15) is 5.56 Å². The molecule has 3 aromatic rings. The molecule has 0 bridgehead atoms. The first-order valence-corrected chi connectivity index (χ1v) is 8.87. The Hall–Kier alpha value is -4.03. The Morgan fingerprint density at radius 3 is 2.77 bits per heavy atom. The molecule has 1 aromatic carbocycles. The summed E-state index contributed by atoms with van der Waals surface area (Å²) in [5, 5.41) is 11.9. The predicted molar refractivity (Wildman–Crippen MR) is 106 cm³/mol. The van der Waals surface area contributed by atoms with Crippen LogP contribution in [0.2, 0.25) is 0 Å². The van der Waals surface area contributed by atoms with E-state index in [2.05, 4.69) is 10.3 Å². The summed E-state index contributed by atoms with van der Waals surface area (Å²) in [6.07, 6.45) is 2.63. The topological polar surface area (TPSA) is 106 Å². The van der Waals surface area contributed by atoms with E-state index in [4.69, 9.17) is 9.47 Å². The number of halogens is 1. The number of ether oxygens (including phenoxy) is 2. The number of nitrogens with zero attached hydrogens (tertiary/aromatic N) is 3. The molecule has 0 saturated heterocycles. The molecular weight excluding hydrogens is 391 g/mol. The lowest BCUT2D eigenvalue weighted by atomic mass is 10.1. The highest BCUT2D eigenvalue weighted by Gasteiger charge is 2.17. The maximum atomic E-state index is 13.2. The number of nitrogens with one attached hydrogen (secondary N) is 1. The number of amides is 1. The lowest BCUT2D eigenvalue weighted by Crippen LogP contribution is -2.28. The fraction of sp³-hybridized carbons (Fsp3) is 0.143. The van der Waals surface area contributed by atoms with Gasteiger partial charge in [0.25, 0.3) is 11.5 Å². The smallest absolute Gasteiger partial charge is 0.269 e. The van der Waals surface area contributed by atoms with E-state index in [-0.39, 0.29) is 35.9 Å². The fourth-order valence-corrected chi connectivity index (χ4v) is 2.55. The van der Waals surface area contributed by atoms with Crippen molar-refractivity contribution in [2.45, 2.75) is 0 Å². The van der Waals surface area contributed by atoms with Crippen LogP contribution >= 0.6 is 0 Å². The summed E-state index contributed by atoms with van der Waals surface area (Å²) in [6.45, 7) is 0.464. The standard InChI is InChI=1S/C21H17FN4O4/c1-29-11-9-24-19(27)14(13-23)12-17-20(30-16-7-5-15(22)6-8-16)25-18-4-2-3-10-26(18)21(17)28/h2-8,10,12H,9,11H2,1H3,(H,24,27). The van der Waals surface area contributed by atoms with Crippen molar-refractivity contribution in [1.82, 2.24) is 14.7 Å². The Labute approximate surface area is 170 Å². The highest BCUT2D eigenvalue weighted by Crippen LogP contribution is 2.24. The van der Waals surface area contributed by atoms with E-state index in [0.717, 1.165) is 6.08 Å². The minimum absolute atomic E-state index is 0.0959. The molecule has 0 atom stereocenters. The van der Waals surface area contributed by atoms with E-state index in [1.165, 1.54) is 42.0 Å². The third-order valence-electron chi connectivity index (χ3n) is 4.01. The number of hydrogen-bond donors (Lipinski definition) is 1. The Morgan fingerprint density at radius 2 is 2.07 bits per heavy atom. The molecule has 0 spiro atoms. The number of pyridine rings is 1. The maximum absolute atomic E-state index is 13.2. The highest BCUT2D eigenvalue weighted by molar-refractivity contribution is 6.01. The van der Waals surface area contributed by atoms with Crippen molar-refractivity contribution in [3.8, 4) is 17.7 Å².